The number of nitrogens with zero attached hydrogens (tertiary/aromatic N) is 2. The Morgan fingerprint density at radius 1 is 1.32 bits per heavy atom. The van der Waals surface area contributed by atoms with Crippen LogP contribution in [-0.2, 0) is 10.4 Å². The molecule has 3 rings (SSSR count). The zero-order valence-corrected chi connectivity index (χ0v) is 16.7. The van der Waals surface area contributed by atoms with Crippen LogP contribution in [0.25, 0.3) is 0 Å². The van der Waals surface area contributed by atoms with Gasteiger partial charge in [0.25, 0.3) is 5.91 Å². The molecule has 0 bridgehead atoms. The maximum atomic E-state index is 12.8. The number of carbonyl (C=O) groups is 2. The number of nitro groups is 1. The van der Waals surface area contributed by atoms with E-state index in [0.717, 1.165) is 6.07 Å². The van der Waals surface area contributed by atoms with E-state index >= 15 is 0 Å². The number of hydrogen-bond donors (Lipinski definition) is 1. The van der Waals surface area contributed by atoms with Crippen LogP contribution in [0.2, 0.25) is 0 Å². The number of methoxy groups -OCH3 is 1. The van der Waals surface area contributed by atoms with Crippen LogP contribution in [0, 0.1) is 10.1 Å². The van der Waals surface area contributed by atoms with E-state index in [9.17, 15) is 24.8 Å². The molecule has 1 atom stereocenters. The molecule has 0 radical (unpaired) electrons. The van der Waals surface area contributed by atoms with Gasteiger partial charge >= 0.3 is 5.69 Å². The summed E-state index contributed by atoms with van der Waals surface area (Å²) in [6.45, 7) is 2.10. The molecule has 1 aliphatic rings. The first-order chi connectivity index (χ1) is 13.2. The van der Waals surface area contributed by atoms with Crippen LogP contribution < -0.4 is 9.64 Å². The number of halogens is 1. The van der Waals surface area contributed by atoms with Crippen molar-refractivity contribution in [1.82, 2.24) is 0 Å². The number of anilines is 1. The van der Waals surface area contributed by atoms with Gasteiger partial charge in [-0.2, -0.15) is 0 Å². The molecule has 2 aromatic carbocycles. The Bertz CT molecular complexity index is 992. The summed E-state index contributed by atoms with van der Waals surface area (Å²) in [6.07, 6.45) is -0.532. The average molecular weight is 449 g/mol. The van der Waals surface area contributed by atoms with Crippen molar-refractivity contribution in [2.45, 2.75) is 18.9 Å². The van der Waals surface area contributed by atoms with E-state index in [1.807, 2.05) is 0 Å². The molecule has 1 aliphatic heterocycles. The lowest BCUT2D eigenvalue weighted by molar-refractivity contribution is -0.385. The van der Waals surface area contributed by atoms with Gasteiger partial charge in [0.2, 0.25) is 0 Å². The van der Waals surface area contributed by atoms with E-state index in [1.54, 1.807) is 25.1 Å². The van der Waals surface area contributed by atoms with Gasteiger partial charge in [-0.25, -0.2) is 0 Å². The molecular formula is C19H17BrN2O6. The van der Waals surface area contributed by atoms with Crippen molar-refractivity contribution in [3.05, 3.63) is 62.1 Å². The third kappa shape index (κ3) is 3.16. The largest absolute Gasteiger partial charge is 0.490 e. The van der Waals surface area contributed by atoms with Gasteiger partial charge in [-0.15, -0.1) is 0 Å². The Kier molecular flexibility index (Phi) is 5.22. The predicted octanol–water partition coefficient (Wildman–Crippen LogP) is 3.19. The monoisotopic (exact) mass is 448 g/mol. The molecule has 8 nitrogen and oxygen atoms in total. The normalized spacial score (nSPS) is 18.1. The van der Waals surface area contributed by atoms with Crippen molar-refractivity contribution in [1.29, 1.82) is 0 Å². The molecule has 0 spiro atoms. The number of benzene rings is 2. The molecule has 0 saturated carbocycles. The second-order valence-corrected chi connectivity index (χ2v) is 7.23. The molecule has 28 heavy (non-hydrogen) atoms. The Balaban J connectivity index is 2.00. The number of carbonyl (C=O) groups excluding carboxylic acids is 2. The van der Waals surface area contributed by atoms with Crippen LogP contribution in [0.15, 0.2) is 40.9 Å². The van der Waals surface area contributed by atoms with Crippen molar-refractivity contribution in [2.24, 2.45) is 0 Å². The summed E-state index contributed by atoms with van der Waals surface area (Å²) in [5.74, 6) is -1.17. The highest BCUT2D eigenvalue weighted by atomic mass is 79.9. The first-order valence-electron chi connectivity index (χ1n) is 8.43. The van der Waals surface area contributed by atoms with E-state index in [2.05, 4.69) is 15.9 Å². The van der Waals surface area contributed by atoms with Crippen molar-refractivity contribution < 1.29 is 24.4 Å². The zero-order valence-electron chi connectivity index (χ0n) is 15.1. The van der Waals surface area contributed by atoms with Gasteiger partial charge in [0.15, 0.2) is 17.1 Å². The van der Waals surface area contributed by atoms with Crippen molar-refractivity contribution in [2.75, 3.05) is 18.6 Å². The van der Waals surface area contributed by atoms with Crippen LogP contribution >= 0.6 is 15.9 Å². The third-order valence-electron chi connectivity index (χ3n) is 4.72. The van der Waals surface area contributed by atoms with E-state index in [-0.39, 0.29) is 17.0 Å². The topological polar surface area (TPSA) is 110 Å². The van der Waals surface area contributed by atoms with Gasteiger partial charge in [0, 0.05) is 28.2 Å². The smallest absolute Gasteiger partial charge is 0.311 e. The van der Waals surface area contributed by atoms with E-state index in [4.69, 9.17) is 4.74 Å². The number of likely N-dealkylation sites (N-methyl/N-ethyl adjacent to an activating group) is 1. The number of ketones is 1. The standard InChI is InChI=1S/C19H17BrN2O6/c1-3-21-14-6-5-12(20)9-13(14)19(25,18(21)24)10-16(23)11-4-7-17(28-2)15(8-11)22(26)27/h4-9,25H,3,10H2,1-2H3/t19-/m0/s1. The lowest BCUT2D eigenvalue weighted by atomic mass is 9.88. The van der Waals surface area contributed by atoms with E-state index < -0.39 is 28.6 Å². The maximum absolute atomic E-state index is 12.8. The molecule has 2 aromatic rings. The summed E-state index contributed by atoms with van der Waals surface area (Å²) < 4.78 is 5.59. The van der Waals surface area contributed by atoms with E-state index in [1.165, 1.54) is 24.1 Å². The SMILES string of the molecule is CCN1C(=O)[C@](O)(CC(=O)c2ccc(OC)c([N+](=O)[O-])c2)c2cc(Br)ccc21. The van der Waals surface area contributed by atoms with Gasteiger partial charge < -0.3 is 14.7 Å². The molecule has 1 amide bonds. The molecule has 0 aliphatic carbocycles. The molecule has 0 saturated heterocycles. The number of fused-ring (bicyclic) bond motifs is 1. The Labute approximate surface area is 169 Å². The quantitative estimate of drug-likeness (QED) is 0.412. The van der Waals surface area contributed by atoms with Crippen LogP contribution in [-0.4, -0.2) is 35.4 Å². The van der Waals surface area contributed by atoms with Crippen molar-refractivity contribution in [3.63, 3.8) is 0 Å². The lowest BCUT2D eigenvalue weighted by Crippen LogP contribution is -2.41. The molecule has 0 unspecified atom stereocenters. The second kappa shape index (κ2) is 7.33. The summed E-state index contributed by atoms with van der Waals surface area (Å²) in [4.78, 5) is 37.6. The minimum absolute atomic E-state index is 0.0141. The van der Waals surface area contributed by atoms with Gasteiger partial charge in [-0.3, -0.25) is 19.7 Å². The summed E-state index contributed by atoms with van der Waals surface area (Å²) in [7, 11) is 1.29. The second-order valence-electron chi connectivity index (χ2n) is 6.31. The summed E-state index contributed by atoms with van der Waals surface area (Å²) >= 11 is 3.32. The van der Waals surface area contributed by atoms with Gasteiger partial charge in [0.05, 0.1) is 24.1 Å². The molecule has 0 fully saturated rings. The average Bonchev–Trinajstić information content (AvgIpc) is 2.87. The molecule has 0 aromatic heterocycles. The third-order valence-corrected chi connectivity index (χ3v) is 5.22. The fourth-order valence-corrected chi connectivity index (χ4v) is 3.71. The summed E-state index contributed by atoms with van der Waals surface area (Å²) in [5, 5.41) is 22.4. The Morgan fingerprint density at radius 3 is 2.64 bits per heavy atom. The number of amides is 1. The van der Waals surface area contributed by atoms with Crippen LogP contribution in [0.4, 0.5) is 11.4 Å². The molecule has 9 heteroatoms. The number of nitro benzene ring substituents is 1. The minimum atomic E-state index is -2.04. The number of rotatable bonds is 6. The lowest BCUT2D eigenvalue weighted by Gasteiger charge is -2.22. The Hall–Kier alpha value is -2.78. The highest BCUT2D eigenvalue weighted by molar-refractivity contribution is 9.10. The molecule has 1 heterocycles. The number of hydrogen-bond acceptors (Lipinski definition) is 6. The number of ether oxygens (including phenoxy) is 1. The highest BCUT2D eigenvalue weighted by Crippen LogP contribution is 2.44. The first kappa shape index (κ1) is 20.0. The predicted molar refractivity (Wildman–Crippen MR) is 105 cm³/mol. The maximum Gasteiger partial charge on any atom is 0.311 e. The molecule has 146 valence electrons. The van der Waals surface area contributed by atoms with Crippen LogP contribution in [0.3, 0.4) is 0 Å². The highest BCUT2D eigenvalue weighted by Gasteiger charge is 2.50. The number of aliphatic hydroxyl groups is 1. The van der Waals surface area contributed by atoms with Gasteiger partial charge in [-0.1, -0.05) is 15.9 Å². The Morgan fingerprint density at radius 2 is 2.04 bits per heavy atom. The summed E-state index contributed by atoms with van der Waals surface area (Å²) in [6, 6.07) is 8.82. The summed E-state index contributed by atoms with van der Waals surface area (Å²) in [5.41, 5.74) is -1.53. The van der Waals surface area contributed by atoms with Crippen molar-refractivity contribution >= 4 is 39.0 Å². The van der Waals surface area contributed by atoms with Crippen LogP contribution in [0.1, 0.15) is 29.3 Å². The minimum Gasteiger partial charge on any atom is -0.490 e. The number of Topliss-reactive ketones (excluding diaryl/α,β-unsaturated/α-hetero) is 1. The van der Waals surface area contributed by atoms with Crippen molar-refractivity contribution in [3.8, 4) is 5.75 Å². The fourth-order valence-electron chi connectivity index (χ4n) is 3.35. The molecular weight excluding hydrogens is 432 g/mol. The first-order valence-corrected chi connectivity index (χ1v) is 9.22. The van der Waals surface area contributed by atoms with Gasteiger partial charge in [0.1, 0.15) is 0 Å². The zero-order chi connectivity index (χ0) is 20.6. The van der Waals surface area contributed by atoms with E-state index in [0.29, 0.717) is 22.3 Å². The van der Waals surface area contributed by atoms with Crippen LogP contribution in [0.5, 0.6) is 5.75 Å². The van der Waals surface area contributed by atoms with Gasteiger partial charge in [-0.05, 0) is 37.3 Å². The molecule has 1 N–H and O–H groups in total. The fraction of sp³-hybridized carbons (Fsp3) is 0.263.